The third-order valence-corrected chi connectivity index (χ3v) is 6.06. The molecule has 4 fully saturated rings. The molecule has 5 aliphatic heterocycles. The molecular weight excluding hydrogens is 304 g/mol. The third kappa shape index (κ3) is 2.14. The van der Waals surface area contributed by atoms with Crippen molar-refractivity contribution in [1.29, 1.82) is 0 Å². The highest BCUT2D eigenvalue weighted by molar-refractivity contribution is 6.44. The predicted octanol–water partition coefficient (Wildman–Crippen LogP) is 1.73. The number of piperidine rings is 4. The Morgan fingerprint density at radius 2 is 1.88 bits per heavy atom. The number of rotatable bonds is 2. The molecule has 0 radical (unpaired) electrons. The summed E-state index contributed by atoms with van der Waals surface area (Å²) in [5.41, 5.74) is 2.47. The Bertz CT molecular complexity index is 741. The minimum Gasteiger partial charge on any atom is -0.458 e. The van der Waals surface area contributed by atoms with E-state index in [9.17, 15) is 9.59 Å². The summed E-state index contributed by atoms with van der Waals surface area (Å²) in [5.74, 6) is 0.351. The topological polar surface area (TPSA) is 59.0 Å². The summed E-state index contributed by atoms with van der Waals surface area (Å²) in [6.07, 6.45) is 3.52. The van der Waals surface area contributed by atoms with Crippen LogP contribution in [0, 0.1) is 5.92 Å². The molecule has 124 valence electrons. The third-order valence-electron chi connectivity index (χ3n) is 6.06. The van der Waals surface area contributed by atoms with Crippen LogP contribution < -0.4 is 0 Å². The standard InChI is InChI=1S/C19H20N2O3/c22-17-10-21-13-5-12(17)6-14(21)8-15(7-13)24-19(23)18-16-4-2-1-3-11(16)9-20-18/h1-4,12-15H,5-10H2/t12?,13-,14+,15?. The Morgan fingerprint density at radius 1 is 1.12 bits per heavy atom. The first-order chi connectivity index (χ1) is 11.7. The SMILES string of the molecule is O=C(OC1C[C@@H]2CC3C[C@H](C1)N2CC3=O)C1=NCc2ccccc21. The molecule has 3 unspecified atom stereocenters. The molecule has 6 rings (SSSR count). The van der Waals surface area contributed by atoms with E-state index in [-0.39, 0.29) is 18.0 Å². The van der Waals surface area contributed by atoms with Crippen LogP contribution in [0.4, 0.5) is 0 Å². The molecule has 0 N–H and O–H groups in total. The van der Waals surface area contributed by atoms with Gasteiger partial charge in [-0.25, -0.2) is 4.79 Å². The Balaban J connectivity index is 1.29. The van der Waals surface area contributed by atoms with E-state index in [1.165, 1.54) is 0 Å². The average molecular weight is 324 g/mol. The maximum absolute atomic E-state index is 12.6. The van der Waals surface area contributed by atoms with Gasteiger partial charge < -0.3 is 4.74 Å². The molecule has 4 bridgehead atoms. The first-order valence-electron chi connectivity index (χ1n) is 8.81. The monoisotopic (exact) mass is 324 g/mol. The molecule has 4 saturated heterocycles. The van der Waals surface area contributed by atoms with Gasteiger partial charge in [-0.05, 0) is 18.4 Å². The van der Waals surface area contributed by atoms with Gasteiger partial charge in [0.05, 0.1) is 13.1 Å². The Labute approximate surface area is 140 Å². The minimum atomic E-state index is -0.291. The molecule has 1 aromatic rings. The van der Waals surface area contributed by atoms with Crippen molar-refractivity contribution in [3.8, 4) is 0 Å². The van der Waals surface area contributed by atoms with E-state index in [2.05, 4.69) is 9.89 Å². The number of Topliss-reactive ketones (excluding diaryl/α,β-unsaturated/α-hetero) is 1. The zero-order valence-corrected chi connectivity index (χ0v) is 13.5. The maximum Gasteiger partial charge on any atom is 0.357 e. The lowest BCUT2D eigenvalue weighted by molar-refractivity contribution is -0.157. The van der Waals surface area contributed by atoms with Crippen molar-refractivity contribution in [3.05, 3.63) is 35.4 Å². The van der Waals surface area contributed by atoms with Crippen molar-refractivity contribution in [3.63, 3.8) is 0 Å². The van der Waals surface area contributed by atoms with Crippen LogP contribution in [-0.2, 0) is 20.9 Å². The summed E-state index contributed by atoms with van der Waals surface area (Å²) in [6.45, 7) is 1.16. The molecule has 0 aliphatic carbocycles. The van der Waals surface area contributed by atoms with Gasteiger partial charge in [0.1, 0.15) is 11.9 Å². The van der Waals surface area contributed by atoms with Crippen LogP contribution in [-0.4, -0.2) is 47.1 Å². The summed E-state index contributed by atoms with van der Waals surface area (Å²) >= 11 is 0. The Morgan fingerprint density at radius 3 is 2.62 bits per heavy atom. The molecule has 5 heteroatoms. The van der Waals surface area contributed by atoms with Crippen molar-refractivity contribution >= 4 is 17.5 Å². The quantitative estimate of drug-likeness (QED) is 0.777. The van der Waals surface area contributed by atoms with Gasteiger partial charge in [-0.2, -0.15) is 0 Å². The summed E-state index contributed by atoms with van der Waals surface area (Å²) < 4.78 is 5.82. The van der Waals surface area contributed by atoms with Crippen LogP contribution in [0.25, 0.3) is 0 Å². The number of ketones is 1. The average Bonchev–Trinajstić information content (AvgIpc) is 2.99. The predicted molar refractivity (Wildman–Crippen MR) is 87.8 cm³/mol. The molecular formula is C19H20N2O3. The van der Waals surface area contributed by atoms with Gasteiger partial charge in [-0.3, -0.25) is 14.7 Å². The maximum atomic E-state index is 12.6. The number of carbonyl (C=O) groups excluding carboxylic acids is 2. The van der Waals surface area contributed by atoms with Crippen molar-refractivity contribution in [2.24, 2.45) is 10.9 Å². The van der Waals surface area contributed by atoms with Gasteiger partial charge in [0.2, 0.25) is 0 Å². The highest BCUT2D eigenvalue weighted by Gasteiger charge is 2.49. The number of ether oxygens (including phenoxy) is 1. The zero-order valence-electron chi connectivity index (χ0n) is 13.5. The van der Waals surface area contributed by atoms with E-state index in [1.807, 2.05) is 24.3 Å². The largest absolute Gasteiger partial charge is 0.458 e. The number of aliphatic imine (C=N–C) groups is 1. The molecule has 0 aromatic heterocycles. The lowest BCUT2D eigenvalue weighted by Crippen LogP contribution is -2.63. The number of nitrogens with zero attached hydrogens (tertiary/aromatic N) is 2. The van der Waals surface area contributed by atoms with Crippen LogP contribution in [0.2, 0.25) is 0 Å². The second-order valence-electron chi connectivity index (χ2n) is 7.44. The number of esters is 1. The lowest BCUT2D eigenvalue weighted by Gasteiger charge is -2.54. The second-order valence-corrected chi connectivity index (χ2v) is 7.44. The number of hydrogen-bond donors (Lipinski definition) is 0. The van der Waals surface area contributed by atoms with E-state index in [0.717, 1.165) is 36.8 Å². The van der Waals surface area contributed by atoms with Crippen molar-refractivity contribution < 1.29 is 14.3 Å². The zero-order chi connectivity index (χ0) is 16.3. The van der Waals surface area contributed by atoms with Crippen LogP contribution in [0.3, 0.4) is 0 Å². The molecule has 5 aliphatic rings. The molecule has 1 aromatic carbocycles. The Hall–Kier alpha value is -2.01. The van der Waals surface area contributed by atoms with E-state index < -0.39 is 0 Å². The van der Waals surface area contributed by atoms with Crippen LogP contribution in [0.15, 0.2) is 29.3 Å². The number of benzene rings is 1. The van der Waals surface area contributed by atoms with E-state index in [0.29, 0.717) is 36.7 Å². The molecule has 5 heterocycles. The first-order valence-corrected chi connectivity index (χ1v) is 8.81. The fraction of sp³-hybridized carbons (Fsp3) is 0.526. The first kappa shape index (κ1) is 14.3. The van der Waals surface area contributed by atoms with Crippen LogP contribution >= 0.6 is 0 Å². The molecule has 0 saturated carbocycles. The highest BCUT2D eigenvalue weighted by Crippen LogP contribution is 2.42. The molecule has 0 spiro atoms. The summed E-state index contributed by atoms with van der Waals surface area (Å²) in [7, 11) is 0. The fourth-order valence-electron chi connectivity index (χ4n) is 4.94. The molecule has 5 atom stereocenters. The summed E-state index contributed by atoms with van der Waals surface area (Å²) in [6, 6.07) is 8.64. The minimum absolute atomic E-state index is 0.0478. The molecule has 24 heavy (non-hydrogen) atoms. The number of carbonyl (C=O) groups is 2. The lowest BCUT2D eigenvalue weighted by atomic mass is 9.72. The second kappa shape index (κ2) is 5.24. The van der Waals surface area contributed by atoms with Gasteiger partial charge in [0, 0.05) is 36.4 Å². The molecule has 5 nitrogen and oxygen atoms in total. The van der Waals surface area contributed by atoms with Crippen molar-refractivity contribution in [1.82, 2.24) is 4.90 Å². The van der Waals surface area contributed by atoms with E-state index >= 15 is 0 Å². The van der Waals surface area contributed by atoms with Crippen LogP contribution in [0.5, 0.6) is 0 Å². The van der Waals surface area contributed by atoms with Gasteiger partial charge in [-0.15, -0.1) is 0 Å². The number of hydrogen-bond acceptors (Lipinski definition) is 5. The van der Waals surface area contributed by atoms with Gasteiger partial charge in [0.15, 0.2) is 5.71 Å². The van der Waals surface area contributed by atoms with Crippen molar-refractivity contribution in [2.45, 2.75) is 50.4 Å². The normalized spacial score (nSPS) is 36.2. The highest BCUT2D eigenvalue weighted by atomic mass is 16.5. The Kier molecular flexibility index (Phi) is 3.13. The van der Waals surface area contributed by atoms with Crippen molar-refractivity contribution in [2.75, 3.05) is 6.54 Å². The summed E-state index contributed by atoms with van der Waals surface area (Å²) in [5, 5.41) is 0. The fourth-order valence-corrected chi connectivity index (χ4v) is 4.94. The summed E-state index contributed by atoms with van der Waals surface area (Å²) in [4.78, 5) is 31.2. The van der Waals surface area contributed by atoms with Gasteiger partial charge in [0.25, 0.3) is 0 Å². The smallest absolute Gasteiger partial charge is 0.357 e. The number of fused-ring (bicyclic) bond motifs is 2. The van der Waals surface area contributed by atoms with E-state index in [1.54, 1.807) is 0 Å². The van der Waals surface area contributed by atoms with E-state index in [4.69, 9.17) is 4.74 Å². The molecule has 0 amide bonds. The van der Waals surface area contributed by atoms with Crippen LogP contribution in [0.1, 0.15) is 36.8 Å². The van der Waals surface area contributed by atoms with Gasteiger partial charge in [-0.1, -0.05) is 24.3 Å². The van der Waals surface area contributed by atoms with Gasteiger partial charge >= 0.3 is 5.97 Å².